The van der Waals surface area contributed by atoms with Crippen LogP contribution in [0.4, 0.5) is 0 Å². The Labute approximate surface area is 129 Å². The molecule has 2 unspecified atom stereocenters. The molecule has 0 bridgehead atoms. The van der Waals surface area contributed by atoms with Gasteiger partial charge in [-0.15, -0.1) is 11.6 Å². The molecule has 0 aromatic heterocycles. The molecular formula is C12H22Cl3Sn. The van der Waals surface area contributed by atoms with E-state index in [1.54, 1.807) is 0 Å². The Balaban J connectivity index is 3.14. The van der Waals surface area contributed by atoms with Crippen LogP contribution in [0.1, 0.15) is 51.4 Å². The van der Waals surface area contributed by atoms with Crippen LogP contribution in [0.3, 0.4) is 0 Å². The molecule has 0 fully saturated rings. The maximum absolute atomic E-state index is 6.18. The van der Waals surface area contributed by atoms with Gasteiger partial charge < -0.3 is 0 Å². The molecule has 3 radical (unpaired) electrons. The van der Waals surface area contributed by atoms with E-state index in [9.17, 15) is 0 Å². The third-order valence-electron chi connectivity index (χ3n) is 2.70. The summed E-state index contributed by atoms with van der Waals surface area (Å²) in [6.07, 6.45) is 10.0. The Morgan fingerprint density at radius 3 is 1.75 bits per heavy atom. The molecule has 0 saturated heterocycles. The number of hydrogen-bond donors (Lipinski definition) is 0. The fraction of sp³-hybridized carbons (Fsp3) is 1.00. The molecule has 0 aliphatic carbocycles. The minimum absolute atomic E-state index is 0.178. The zero-order valence-corrected chi connectivity index (χ0v) is 15.0. The number of alkyl halides is 3. The van der Waals surface area contributed by atoms with Crippen LogP contribution >= 0.6 is 34.8 Å². The first kappa shape index (κ1) is 17.7. The molecule has 0 amide bonds. The van der Waals surface area contributed by atoms with E-state index in [2.05, 4.69) is 0 Å². The van der Waals surface area contributed by atoms with E-state index in [0.29, 0.717) is 0 Å². The molecule has 0 rings (SSSR count). The molecular weight excluding hydrogens is 369 g/mol. The molecule has 16 heavy (non-hydrogen) atoms. The predicted octanol–water partition coefficient (Wildman–Crippen LogP) is 5.15. The molecule has 2 atom stereocenters. The van der Waals surface area contributed by atoms with Gasteiger partial charge in [-0.25, -0.2) is 0 Å². The molecule has 0 nitrogen and oxygen atoms in total. The predicted molar refractivity (Wildman–Crippen MR) is 77.5 cm³/mol. The van der Waals surface area contributed by atoms with Gasteiger partial charge >= 0.3 is 118 Å². The Kier molecular flexibility index (Phi) is 14.5. The number of rotatable bonds is 11. The zero-order valence-electron chi connectivity index (χ0n) is 9.86. The topological polar surface area (TPSA) is 0 Å². The number of hydrogen-bond acceptors (Lipinski definition) is 0. The monoisotopic (exact) mass is 391 g/mol. The second-order valence-corrected chi connectivity index (χ2v) is 6.85. The third-order valence-corrected chi connectivity index (χ3v) is 6.07. The van der Waals surface area contributed by atoms with Crippen molar-refractivity contribution in [3.63, 3.8) is 0 Å². The molecule has 0 aliphatic rings. The summed E-state index contributed by atoms with van der Waals surface area (Å²) in [5.74, 6) is 0.810. The van der Waals surface area contributed by atoms with Crippen LogP contribution in [-0.4, -0.2) is 39.2 Å². The van der Waals surface area contributed by atoms with Crippen molar-refractivity contribution in [1.29, 1.82) is 0 Å². The second-order valence-electron chi connectivity index (χ2n) is 4.19. The van der Waals surface area contributed by atoms with E-state index in [0.717, 1.165) is 23.2 Å². The second kappa shape index (κ2) is 13.1. The summed E-state index contributed by atoms with van der Waals surface area (Å²) in [6, 6.07) is 0. The zero-order chi connectivity index (χ0) is 12.2. The molecule has 4 heteroatoms. The summed E-state index contributed by atoms with van der Waals surface area (Å²) in [5.41, 5.74) is 0. The summed E-state index contributed by atoms with van der Waals surface area (Å²) in [4.78, 5) is 0. The first-order chi connectivity index (χ1) is 7.72. The Bertz CT molecular complexity index is 144. The molecule has 0 N–H and O–H groups in total. The minimum atomic E-state index is 0.178. The van der Waals surface area contributed by atoms with Gasteiger partial charge in [0.05, 0.1) is 0 Å². The average Bonchev–Trinajstić information content (AvgIpc) is 2.31. The summed E-state index contributed by atoms with van der Waals surface area (Å²) in [7, 11) is 0. The van der Waals surface area contributed by atoms with Crippen LogP contribution in [0.25, 0.3) is 0 Å². The van der Waals surface area contributed by atoms with Gasteiger partial charge in [-0.1, -0.05) is 0 Å². The van der Waals surface area contributed by atoms with E-state index >= 15 is 0 Å². The van der Waals surface area contributed by atoms with E-state index in [1.165, 1.54) is 61.0 Å². The van der Waals surface area contributed by atoms with E-state index < -0.39 is 0 Å². The third kappa shape index (κ3) is 10.8. The van der Waals surface area contributed by atoms with Crippen LogP contribution in [0.15, 0.2) is 0 Å². The standard InChI is InChI=1S/C12H22Cl3.Sn/c1-11(14)12(15)9-7-5-3-2-4-6-8-10-13;/h11-12H,1-10H2;. The number of halogens is 3. The van der Waals surface area contributed by atoms with Gasteiger partial charge in [-0.2, -0.15) is 0 Å². The van der Waals surface area contributed by atoms with Crippen molar-refractivity contribution in [2.75, 3.05) is 5.88 Å². The average molecular weight is 391 g/mol. The van der Waals surface area contributed by atoms with Gasteiger partial charge in [-0.05, 0) is 0 Å². The van der Waals surface area contributed by atoms with Crippen molar-refractivity contribution in [2.45, 2.75) is 66.6 Å². The van der Waals surface area contributed by atoms with Crippen LogP contribution in [0.5, 0.6) is 0 Å². The van der Waals surface area contributed by atoms with Crippen molar-refractivity contribution in [1.82, 2.24) is 0 Å². The Hall–Kier alpha value is 1.67. The van der Waals surface area contributed by atoms with Crippen LogP contribution < -0.4 is 0 Å². The van der Waals surface area contributed by atoms with Crippen molar-refractivity contribution in [3.8, 4) is 0 Å². The van der Waals surface area contributed by atoms with Crippen LogP contribution in [0, 0.1) is 0 Å². The van der Waals surface area contributed by atoms with Crippen molar-refractivity contribution in [3.05, 3.63) is 0 Å². The van der Waals surface area contributed by atoms with Crippen molar-refractivity contribution >= 4 is 57.3 Å². The summed E-state index contributed by atoms with van der Waals surface area (Å²) in [5, 5.41) is 0.362. The first-order valence-electron chi connectivity index (χ1n) is 6.21. The summed E-state index contributed by atoms with van der Waals surface area (Å²) >= 11 is 19.4. The van der Waals surface area contributed by atoms with Crippen LogP contribution in [0.2, 0.25) is 4.44 Å². The maximum atomic E-state index is 6.18. The van der Waals surface area contributed by atoms with Gasteiger partial charge in [-0.3, -0.25) is 0 Å². The molecule has 0 aromatic rings. The van der Waals surface area contributed by atoms with Gasteiger partial charge in [0, 0.05) is 0 Å². The van der Waals surface area contributed by atoms with Gasteiger partial charge in [0.1, 0.15) is 0 Å². The molecule has 0 saturated carbocycles. The fourth-order valence-electron chi connectivity index (χ4n) is 1.63. The first-order valence-corrected chi connectivity index (χ1v) is 9.63. The molecule has 0 spiro atoms. The Morgan fingerprint density at radius 2 is 1.25 bits per heavy atom. The fourth-order valence-corrected chi connectivity index (χ4v) is 3.42. The molecule has 0 aliphatic heterocycles. The normalized spacial score (nSPS) is 15.0. The summed E-state index contributed by atoms with van der Waals surface area (Å²) < 4.78 is 1.06. The quantitative estimate of drug-likeness (QED) is 0.260. The molecule has 0 heterocycles. The van der Waals surface area contributed by atoms with E-state index in [4.69, 9.17) is 34.8 Å². The van der Waals surface area contributed by atoms with Crippen molar-refractivity contribution < 1.29 is 0 Å². The summed E-state index contributed by atoms with van der Waals surface area (Å²) in [6.45, 7) is 0. The molecule has 95 valence electrons. The van der Waals surface area contributed by atoms with Crippen LogP contribution in [-0.2, 0) is 0 Å². The van der Waals surface area contributed by atoms with Gasteiger partial charge in [0.25, 0.3) is 0 Å². The molecule has 0 aromatic carbocycles. The van der Waals surface area contributed by atoms with E-state index in [-0.39, 0.29) is 10.8 Å². The SMILES string of the molecule is ClCCCCCCCCCC(Cl)C(Cl)[CH2][Sn]. The van der Waals surface area contributed by atoms with Crippen molar-refractivity contribution in [2.24, 2.45) is 0 Å². The Morgan fingerprint density at radius 1 is 0.750 bits per heavy atom. The van der Waals surface area contributed by atoms with E-state index in [1.807, 2.05) is 0 Å². The van der Waals surface area contributed by atoms with Gasteiger partial charge in [0.15, 0.2) is 0 Å². The van der Waals surface area contributed by atoms with Gasteiger partial charge in [0.2, 0.25) is 0 Å². The number of unbranched alkanes of at least 4 members (excludes halogenated alkanes) is 6.